The third-order valence-corrected chi connectivity index (χ3v) is 2.78. The van der Waals surface area contributed by atoms with Crippen molar-refractivity contribution in [1.82, 2.24) is 9.88 Å². The monoisotopic (exact) mass is 252 g/mol. The smallest absolute Gasteiger partial charge is 0.337 e. The number of aliphatic hydroxyl groups excluding tert-OH is 1. The number of likely N-dealkylation sites (N-methyl/N-ethyl adjacent to an activating group) is 1. The van der Waals surface area contributed by atoms with Crippen LogP contribution in [0.2, 0.25) is 0 Å². The maximum Gasteiger partial charge on any atom is 0.337 e. The molecule has 0 aliphatic carbocycles. The van der Waals surface area contributed by atoms with Gasteiger partial charge in [0.1, 0.15) is 5.69 Å². The van der Waals surface area contributed by atoms with Crippen LogP contribution in [-0.2, 0) is 0 Å². The molecule has 0 saturated carbocycles. The molecule has 1 atom stereocenters. The van der Waals surface area contributed by atoms with E-state index < -0.39 is 5.97 Å². The van der Waals surface area contributed by atoms with Gasteiger partial charge in [-0.25, -0.2) is 9.78 Å². The molecule has 1 unspecified atom stereocenters. The van der Waals surface area contributed by atoms with E-state index in [-0.39, 0.29) is 29.8 Å². The molecule has 0 aliphatic heterocycles. The molecule has 0 spiro atoms. The van der Waals surface area contributed by atoms with Crippen LogP contribution in [0.3, 0.4) is 0 Å². The Morgan fingerprint density at radius 3 is 2.50 bits per heavy atom. The van der Waals surface area contributed by atoms with Gasteiger partial charge in [-0.15, -0.1) is 0 Å². The second kappa shape index (κ2) is 5.59. The van der Waals surface area contributed by atoms with E-state index in [0.29, 0.717) is 5.69 Å². The van der Waals surface area contributed by atoms with E-state index in [2.05, 4.69) is 4.98 Å². The standard InChI is InChI=1S/C12H16N2O4/c1-7(6-15)14(3)11(16)10-5-4-9(12(17)18)8(2)13-10/h4-5,7,15H,6H2,1-3H3,(H,17,18). The summed E-state index contributed by atoms with van der Waals surface area (Å²) in [5.74, 6) is -1.42. The van der Waals surface area contributed by atoms with E-state index >= 15 is 0 Å². The largest absolute Gasteiger partial charge is 0.478 e. The third-order valence-electron chi connectivity index (χ3n) is 2.78. The number of carboxylic acid groups (broad SMARTS) is 1. The average Bonchev–Trinajstić information content (AvgIpc) is 2.35. The van der Waals surface area contributed by atoms with Gasteiger partial charge >= 0.3 is 5.97 Å². The molecular formula is C12H16N2O4. The molecule has 98 valence electrons. The number of hydrogen-bond acceptors (Lipinski definition) is 4. The Hall–Kier alpha value is -1.95. The first-order chi connectivity index (χ1) is 8.38. The van der Waals surface area contributed by atoms with Crippen molar-refractivity contribution < 1.29 is 19.8 Å². The summed E-state index contributed by atoms with van der Waals surface area (Å²) < 4.78 is 0. The van der Waals surface area contributed by atoms with Gasteiger partial charge in [0.05, 0.1) is 23.9 Å². The molecule has 0 saturated heterocycles. The minimum Gasteiger partial charge on any atom is -0.478 e. The van der Waals surface area contributed by atoms with Crippen molar-refractivity contribution >= 4 is 11.9 Å². The topological polar surface area (TPSA) is 90.7 Å². The molecule has 6 heteroatoms. The van der Waals surface area contributed by atoms with E-state index in [1.54, 1.807) is 14.0 Å². The van der Waals surface area contributed by atoms with Crippen LogP contribution >= 0.6 is 0 Å². The molecule has 0 bridgehead atoms. The first-order valence-electron chi connectivity index (χ1n) is 5.47. The Kier molecular flexibility index (Phi) is 4.38. The second-order valence-corrected chi connectivity index (χ2v) is 4.08. The van der Waals surface area contributed by atoms with Crippen molar-refractivity contribution in [3.63, 3.8) is 0 Å². The predicted octanol–water partition coefficient (Wildman–Crippen LogP) is 0.541. The molecule has 1 amide bonds. The zero-order valence-corrected chi connectivity index (χ0v) is 10.5. The molecule has 0 radical (unpaired) electrons. The van der Waals surface area contributed by atoms with Gasteiger partial charge < -0.3 is 15.1 Å². The molecule has 0 aliphatic rings. The molecule has 2 N–H and O–H groups in total. The summed E-state index contributed by atoms with van der Waals surface area (Å²) in [6.07, 6.45) is 0. The van der Waals surface area contributed by atoms with Crippen LogP contribution in [-0.4, -0.2) is 51.7 Å². The molecule has 0 aromatic carbocycles. The lowest BCUT2D eigenvalue weighted by molar-refractivity contribution is 0.0668. The number of aromatic nitrogens is 1. The molecule has 1 heterocycles. The molecule has 1 rings (SSSR count). The second-order valence-electron chi connectivity index (χ2n) is 4.08. The molecular weight excluding hydrogens is 236 g/mol. The number of rotatable bonds is 4. The van der Waals surface area contributed by atoms with Crippen LogP contribution in [0, 0.1) is 6.92 Å². The number of carbonyl (C=O) groups excluding carboxylic acids is 1. The van der Waals surface area contributed by atoms with Crippen molar-refractivity contribution in [1.29, 1.82) is 0 Å². The zero-order chi connectivity index (χ0) is 13.9. The van der Waals surface area contributed by atoms with Crippen molar-refractivity contribution in [2.24, 2.45) is 0 Å². The fraction of sp³-hybridized carbons (Fsp3) is 0.417. The maximum absolute atomic E-state index is 12.0. The summed E-state index contributed by atoms with van der Waals surface area (Å²) in [6, 6.07) is 2.41. The van der Waals surface area contributed by atoms with Crippen LogP contribution in [0.5, 0.6) is 0 Å². The lowest BCUT2D eigenvalue weighted by atomic mass is 10.1. The molecule has 18 heavy (non-hydrogen) atoms. The third kappa shape index (κ3) is 2.84. The van der Waals surface area contributed by atoms with Gasteiger partial charge in [0.2, 0.25) is 0 Å². The van der Waals surface area contributed by atoms with Crippen molar-refractivity contribution in [3.8, 4) is 0 Å². The van der Waals surface area contributed by atoms with Crippen LogP contribution in [0.4, 0.5) is 0 Å². The minimum atomic E-state index is -1.07. The minimum absolute atomic E-state index is 0.0735. The Balaban J connectivity index is 3.01. The summed E-state index contributed by atoms with van der Waals surface area (Å²) in [6.45, 7) is 3.10. The van der Waals surface area contributed by atoms with E-state index in [1.807, 2.05) is 0 Å². The van der Waals surface area contributed by atoms with E-state index in [4.69, 9.17) is 10.2 Å². The molecule has 0 fully saturated rings. The van der Waals surface area contributed by atoms with Crippen molar-refractivity contribution in [2.75, 3.05) is 13.7 Å². The number of hydrogen-bond donors (Lipinski definition) is 2. The van der Waals surface area contributed by atoms with Crippen molar-refractivity contribution in [3.05, 3.63) is 29.1 Å². The van der Waals surface area contributed by atoms with Gasteiger partial charge in [0, 0.05) is 7.05 Å². The van der Waals surface area contributed by atoms with E-state index in [0.717, 1.165) is 0 Å². The summed E-state index contributed by atoms with van der Waals surface area (Å²) in [5.41, 5.74) is 0.531. The molecule has 1 aromatic rings. The Morgan fingerprint density at radius 1 is 1.44 bits per heavy atom. The Labute approximate surface area is 105 Å². The molecule has 6 nitrogen and oxygen atoms in total. The number of carboxylic acids is 1. The van der Waals surface area contributed by atoms with Crippen LogP contribution in [0.15, 0.2) is 12.1 Å². The van der Waals surface area contributed by atoms with E-state index in [9.17, 15) is 9.59 Å². The van der Waals surface area contributed by atoms with Gasteiger partial charge in [-0.05, 0) is 26.0 Å². The fourth-order valence-electron chi connectivity index (χ4n) is 1.41. The highest BCUT2D eigenvalue weighted by Gasteiger charge is 2.19. The summed E-state index contributed by atoms with van der Waals surface area (Å²) in [5, 5.41) is 17.8. The first-order valence-corrected chi connectivity index (χ1v) is 5.47. The number of pyridine rings is 1. The highest BCUT2D eigenvalue weighted by atomic mass is 16.4. The van der Waals surface area contributed by atoms with E-state index in [1.165, 1.54) is 24.0 Å². The number of aliphatic hydroxyl groups is 1. The number of amides is 1. The van der Waals surface area contributed by atoms with Gasteiger partial charge in [0.25, 0.3) is 5.91 Å². The fourth-order valence-corrected chi connectivity index (χ4v) is 1.41. The normalized spacial score (nSPS) is 12.0. The van der Waals surface area contributed by atoms with Gasteiger partial charge in [-0.2, -0.15) is 0 Å². The highest BCUT2D eigenvalue weighted by molar-refractivity contribution is 5.94. The predicted molar refractivity (Wildman–Crippen MR) is 64.6 cm³/mol. The van der Waals surface area contributed by atoms with Crippen LogP contribution in [0.1, 0.15) is 33.5 Å². The van der Waals surface area contributed by atoms with Crippen LogP contribution in [0.25, 0.3) is 0 Å². The molecule has 1 aromatic heterocycles. The average molecular weight is 252 g/mol. The van der Waals surface area contributed by atoms with Gasteiger partial charge in [-0.1, -0.05) is 0 Å². The number of carbonyl (C=O) groups is 2. The SMILES string of the molecule is Cc1nc(C(=O)N(C)C(C)CO)ccc1C(=O)O. The van der Waals surface area contributed by atoms with Gasteiger partial charge in [0.15, 0.2) is 0 Å². The lowest BCUT2D eigenvalue weighted by Gasteiger charge is -2.22. The number of aromatic carboxylic acids is 1. The Bertz CT molecular complexity index is 473. The Morgan fingerprint density at radius 2 is 2.06 bits per heavy atom. The maximum atomic E-state index is 12.0. The lowest BCUT2D eigenvalue weighted by Crippen LogP contribution is -2.37. The van der Waals surface area contributed by atoms with Gasteiger partial charge in [-0.3, -0.25) is 4.79 Å². The highest BCUT2D eigenvalue weighted by Crippen LogP contribution is 2.10. The summed E-state index contributed by atoms with van der Waals surface area (Å²) in [4.78, 5) is 28.1. The number of aryl methyl sites for hydroxylation is 1. The summed E-state index contributed by atoms with van der Waals surface area (Å²) in [7, 11) is 1.56. The van der Waals surface area contributed by atoms with Crippen molar-refractivity contribution in [2.45, 2.75) is 19.9 Å². The zero-order valence-electron chi connectivity index (χ0n) is 10.5. The number of nitrogens with zero attached hydrogens (tertiary/aromatic N) is 2. The van der Waals surface area contributed by atoms with Crippen LogP contribution < -0.4 is 0 Å². The quantitative estimate of drug-likeness (QED) is 0.816. The first kappa shape index (κ1) is 14.1. The summed E-state index contributed by atoms with van der Waals surface area (Å²) >= 11 is 0.